The molecule has 0 unspecified atom stereocenters. The Morgan fingerprint density at radius 2 is 1.65 bits per heavy atom. The highest BCUT2D eigenvalue weighted by Crippen LogP contribution is 2.19. The molecule has 154 valence electrons. The van der Waals surface area contributed by atoms with Crippen molar-refractivity contribution in [2.45, 2.75) is 13.0 Å². The molecule has 1 amide bonds. The average molecular weight is 429 g/mol. The maximum atomic E-state index is 12.3. The van der Waals surface area contributed by atoms with Crippen LogP contribution in [0.15, 0.2) is 96.1 Å². The smallest absolute Gasteiger partial charge is 0.244 e. The largest absolute Gasteiger partial charge is 0.489 e. The molecule has 4 aromatic rings. The van der Waals surface area contributed by atoms with E-state index in [1.165, 1.54) is 0 Å². The molecule has 0 aliphatic heterocycles. The van der Waals surface area contributed by atoms with E-state index < -0.39 is 0 Å². The minimum absolute atomic E-state index is 0.157. The molecule has 5 heteroatoms. The van der Waals surface area contributed by atoms with Crippen LogP contribution in [-0.2, 0) is 17.8 Å². The number of rotatable bonds is 7. The number of nitrogens with zero attached hydrogens (tertiary/aromatic N) is 1. The summed E-state index contributed by atoms with van der Waals surface area (Å²) in [6.07, 6.45) is 1.89. The van der Waals surface area contributed by atoms with Crippen molar-refractivity contribution < 1.29 is 9.53 Å². The molecule has 0 atom stereocenters. The van der Waals surface area contributed by atoms with Crippen LogP contribution in [0.4, 0.5) is 0 Å². The molecule has 0 radical (unpaired) electrons. The lowest BCUT2D eigenvalue weighted by Crippen LogP contribution is -2.19. The van der Waals surface area contributed by atoms with Gasteiger partial charge in [0.2, 0.25) is 5.91 Å². The molecular formula is C26H21ClN2O2. The van der Waals surface area contributed by atoms with Crippen LogP contribution in [0.3, 0.4) is 0 Å². The molecular weight excluding hydrogens is 408 g/mol. The lowest BCUT2D eigenvalue weighted by atomic mass is 10.0. The van der Waals surface area contributed by atoms with Gasteiger partial charge in [-0.3, -0.25) is 4.79 Å². The van der Waals surface area contributed by atoms with E-state index in [4.69, 9.17) is 16.3 Å². The lowest BCUT2D eigenvalue weighted by Gasteiger charge is -2.07. The fourth-order valence-electron chi connectivity index (χ4n) is 3.24. The molecule has 0 aliphatic rings. The molecule has 4 aromatic carbocycles. The number of hydrazone groups is 1. The normalized spacial score (nSPS) is 11.0. The summed E-state index contributed by atoms with van der Waals surface area (Å²) in [5.74, 6) is 0.600. The third kappa shape index (κ3) is 5.71. The molecule has 0 spiro atoms. The first kappa shape index (κ1) is 20.6. The van der Waals surface area contributed by atoms with Crippen molar-refractivity contribution in [2.75, 3.05) is 0 Å². The van der Waals surface area contributed by atoms with Crippen LogP contribution in [0.5, 0.6) is 5.75 Å². The van der Waals surface area contributed by atoms with E-state index in [1.807, 2.05) is 91.0 Å². The first-order chi connectivity index (χ1) is 15.2. The number of hydrogen-bond acceptors (Lipinski definition) is 3. The predicted octanol–water partition coefficient (Wildman–Crippen LogP) is 5.77. The van der Waals surface area contributed by atoms with E-state index in [0.717, 1.165) is 33.2 Å². The number of fused-ring (bicyclic) bond motifs is 1. The molecule has 0 aliphatic carbocycles. The van der Waals surface area contributed by atoms with E-state index in [-0.39, 0.29) is 12.3 Å². The zero-order valence-electron chi connectivity index (χ0n) is 16.8. The van der Waals surface area contributed by atoms with Gasteiger partial charge in [-0.2, -0.15) is 5.10 Å². The Balaban J connectivity index is 1.29. The summed E-state index contributed by atoms with van der Waals surface area (Å²) in [5.41, 5.74) is 5.49. The van der Waals surface area contributed by atoms with Gasteiger partial charge in [-0.25, -0.2) is 5.43 Å². The van der Waals surface area contributed by atoms with Crippen molar-refractivity contribution >= 4 is 34.5 Å². The lowest BCUT2D eigenvalue weighted by molar-refractivity contribution is -0.120. The van der Waals surface area contributed by atoms with E-state index in [9.17, 15) is 4.79 Å². The first-order valence-corrected chi connectivity index (χ1v) is 10.3. The Hall–Kier alpha value is -3.63. The summed E-state index contributed by atoms with van der Waals surface area (Å²) in [6.45, 7) is 0.467. The standard InChI is InChI=1S/C26H21ClN2O2/c27-23-12-8-20(9-13-23)18-31-24-14-10-19(11-15-24)17-28-29-26(30)16-22-6-3-5-21-4-1-2-7-25(21)22/h1-15,17H,16,18H2,(H,29,30)/b28-17-. The van der Waals surface area contributed by atoms with E-state index in [1.54, 1.807) is 6.21 Å². The summed E-state index contributed by atoms with van der Waals surface area (Å²) in [7, 11) is 0. The van der Waals surface area contributed by atoms with Crippen LogP contribution in [0, 0.1) is 0 Å². The Kier molecular flexibility index (Phi) is 6.60. The highest BCUT2D eigenvalue weighted by Gasteiger charge is 2.06. The van der Waals surface area contributed by atoms with Crippen LogP contribution in [0.2, 0.25) is 5.02 Å². The van der Waals surface area contributed by atoms with Crippen LogP contribution in [0.25, 0.3) is 10.8 Å². The Labute approximate surface area is 186 Å². The molecule has 0 saturated heterocycles. The van der Waals surface area contributed by atoms with Gasteiger partial charge in [0.15, 0.2) is 0 Å². The predicted molar refractivity (Wildman–Crippen MR) is 126 cm³/mol. The minimum atomic E-state index is -0.157. The molecule has 0 saturated carbocycles. The summed E-state index contributed by atoms with van der Waals surface area (Å²) < 4.78 is 5.77. The number of carbonyl (C=O) groups excluding carboxylic acids is 1. The number of ether oxygens (including phenoxy) is 1. The summed E-state index contributed by atoms with van der Waals surface area (Å²) in [6, 6.07) is 29.1. The van der Waals surface area contributed by atoms with Gasteiger partial charge in [-0.1, -0.05) is 66.2 Å². The van der Waals surface area contributed by atoms with Gasteiger partial charge in [0.1, 0.15) is 12.4 Å². The fraction of sp³-hybridized carbons (Fsp3) is 0.0769. The molecule has 0 bridgehead atoms. The van der Waals surface area contributed by atoms with Gasteiger partial charge in [0.25, 0.3) is 0 Å². The maximum Gasteiger partial charge on any atom is 0.244 e. The van der Waals surface area contributed by atoms with Crippen LogP contribution >= 0.6 is 11.6 Å². The number of halogens is 1. The van der Waals surface area contributed by atoms with E-state index in [2.05, 4.69) is 10.5 Å². The number of nitrogens with one attached hydrogen (secondary N) is 1. The van der Waals surface area contributed by atoms with Crippen LogP contribution in [0.1, 0.15) is 16.7 Å². The van der Waals surface area contributed by atoms with Gasteiger partial charge in [-0.15, -0.1) is 0 Å². The molecule has 0 fully saturated rings. The van der Waals surface area contributed by atoms with Crippen molar-refractivity contribution in [3.8, 4) is 5.75 Å². The van der Waals surface area contributed by atoms with Gasteiger partial charge in [0.05, 0.1) is 12.6 Å². The van der Waals surface area contributed by atoms with Crippen molar-refractivity contribution in [3.05, 3.63) is 113 Å². The number of hydrogen-bond donors (Lipinski definition) is 1. The summed E-state index contributed by atoms with van der Waals surface area (Å²) >= 11 is 5.89. The van der Waals surface area contributed by atoms with Gasteiger partial charge >= 0.3 is 0 Å². The minimum Gasteiger partial charge on any atom is -0.489 e. The topological polar surface area (TPSA) is 50.7 Å². The second-order valence-corrected chi connectivity index (χ2v) is 7.53. The van der Waals surface area contributed by atoms with Crippen molar-refractivity contribution in [1.82, 2.24) is 5.43 Å². The number of carbonyl (C=O) groups is 1. The fourth-order valence-corrected chi connectivity index (χ4v) is 3.36. The van der Waals surface area contributed by atoms with Crippen LogP contribution in [-0.4, -0.2) is 12.1 Å². The van der Waals surface area contributed by atoms with Crippen LogP contribution < -0.4 is 10.2 Å². The van der Waals surface area contributed by atoms with Gasteiger partial charge in [0, 0.05) is 5.02 Å². The van der Waals surface area contributed by atoms with E-state index >= 15 is 0 Å². The third-order valence-corrected chi connectivity index (χ3v) is 5.08. The second kappa shape index (κ2) is 9.92. The zero-order valence-corrected chi connectivity index (χ0v) is 17.5. The number of benzene rings is 4. The zero-order chi connectivity index (χ0) is 21.5. The molecule has 0 heterocycles. The van der Waals surface area contributed by atoms with Crippen molar-refractivity contribution in [1.29, 1.82) is 0 Å². The van der Waals surface area contributed by atoms with Crippen molar-refractivity contribution in [2.24, 2.45) is 5.10 Å². The molecule has 0 aromatic heterocycles. The Bertz CT molecular complexity index is 1200. The van der Waals surface area contributed by atoms with Gasteiger partial charge < -0.3 is 4.74 Å². The van der Waals surface area contributed by atoms with Crippen molar-refractivity contribution in [3.63, 3.8) is 0 Å². The third-order valence-electron chi connectivity index (χ3n) is 4.83. The van der Waals surface area contributed by atoms with E-state index in [0.29, 0.717) is 11.6 Å². The molecule has 4 rings (SSSR count). The Morgan fingerprint density at radius 3 is 2.45 bits per heavy atom. The maximum absolute atomic E-state index is 12.3. The SMILES string of the molecule is O=C(Cc1cccc2ccccc12)N/N=C\c1ccc(OCc2ccc(Cl)cc2)cc1. The number of amides is 1. The molecule has 31 heavy (non-hydrogen) atoms. The summed E-state index contributed by atoms with van der Waals surface area (Å²) in [5, 5.41) is 6.98. The molecule has 1 N–H and O–H groups in total. The highest BCUT2D eigenvalue weighted by molar-refractivity contribution is 6.30. The van der Waals surface area contributed by atoms with Gasteiger partial charge in [-0.05, 0) is 63.9 Å². The Morgan fingerprint density at radius 1 is 0.903 bits per heavy atom. The second-order valence-electron chi connectivity index (χ2n) is 7.09. The highest BCUT2D eigenvalue weighted by atomic mass is 35.5. The molecule has 4 nitrogen and oxygen atoms in total. The average Bonchev–Trinajstić information content (AvgIpc) is 2.80. The summed E-state index contributed by atoms with van der Waals surface area (Å²) in [4.78, 5) is 12.3. The quantitative estimate of drug-likeness (QED) is 0.300. The first-order valence-electron chi connectivity index (χ1n) is 9.93. The monoisotopic (exact) mass is 428 g/mol.